The number of Topliss-reactive ketones (excluding diaryl/α,β-unsaturated/α-hetero) is 1. The molecule has 0 saturated heterocycles. The average Bonchev–Trinajstić information content (AvgIpc) is 2.86. The molecule has 3 fully saturated rings. The molecule has 1 N–H and O–H groups in total. The van der Waals surface area contributed by atoms with Crippen molar-refractivity contribution in [2.45, 2.75) is 71.8 Å². The number of rotatable bonds is 1. The van der Waals surface area contributed by atoms with Gasteiger partial charge in [0, 0.05) is 17.8 Å². The van der Waals surface area contributed by atoms with E-state index in [9.17, 15) is 14.7 Å². The van der Waals surface area contributed by atoms with E-state index < -0.39 is 6.10 Å². The first-order valence-electron chi connectivity index (χ1n) is 9.71. The Morgan fingerprint density at radius 2 is 1.92 bits per heavy atom. The standard InChI is InChI=1S/C21H30O3/c1-12(22)16-6-7-17-15-5-4-13-10-14(23)11-19(24)21(13,3)18(15)8-9-20(16,17)2/h10,15-19,24H,4-9,11H2,1-3H3/t15-,16+,17-,18-,19+,20-,21+/m1/s1. The van der Waals surface area contributed by atoms with E-state index in [0.717, 1.165) is 38.5 Å². The van der Waals surface area contributed by atoms with Crippen LogP contribution in [0.5, 0.6) is 0 Å². The predicted molar refractivity (Wildman–Crippen MR) is 92.3 cm³/mol. The van der Waals surface area contributed by atoms with Crippen molar-refractivity contribution >= 4 is 11.6 Å². The fourth-order valence-corrected chi connectivity index (χ4v) is 7.28. The van der Waals surface area contributed by atoms with Gasteiger partial charge in [0.05, 0.1) is 6.10 Å². The molecule has 0 aromatic rings. The van der Waals surface area contributed by atoms with Gasteiger partial charge >= 0.3 is 0 Å². The number of carbonyl (C=O) groups excluding carboxylic acids is 2. The zero-order chi connectivity index (χ0) is 17.3. The number of ketones is 2. The van der Waals surface area contributed by atoms with Crippen LogP contribution in [0.2, 0.25) is 0 Å². The van der Waals surface area contributed by atoms with Crippen molar-refractivity contribution in [1.82, 2.24) is 0 Å². The summed E-state index contributed by atoms with van der Waals surface area (Å²) in [6.07, 6.45) is 8.02. The molecule has 24 heavy (non-hydrogen) atoms. The SMILES string of the molecule is CC(=O)[C@@H]1CC[C@@H]2[C@H]3CCC4=CC(=O)C[C@H](O)[C@]4(C)[C@@H]3CC[C@@]21C. The van der Waals surface area contributed by atoms with Gasteiger partial charge in [-0.2, -0.15) is 0 Å². The van der Waals surface area contributed by atoms with Gasteiger partial charge in [-0.05, 0) is 74.7 Å². The van der Waals surface area contributed by atoms with Gasteiger partial charge in [0.1, 0.15) is 5.78 Å². The Bertz CT molecular complexity index is 621. The van der Waals surface area contributed by atoms with Gasteiger partial charge in [0.25, 0.3) is 0 Å². The van der Waals surface area contributed by atoms with Crippen molar-refractivity contribution in [1.29, 1.82) is 0 Å². The zero-order valence-electron chi connectivity index (χ0n) is 15.2. The molecule has 0 unspecified atom stereocenters. The molecule has 0 aliphatic heterocycles. The highest BCUT2D eigenvalue weighted by atomic mass is 16.3. The largest absolute Gasteiger partial charge is 0.392 e. The van der Waals surface area contributed by atoms with Crippen LogP contribution in [0.15, 0.2) is 11.6 Å². The number of aliphatic hydroxyl groups excluding tert-OH is 1. The number of fused-ring (bicyclic) bond motifs is 5. The maximum absolute atomic E-state index is 12.2. The molecule has 0 spiro atoms. The summed E-state index contributed by atoms with van der Waals surface area (Å²) in [6, 6.07) is 0. The minimum Gasteiger partial charge on any atom is -0.392 e. The molecule has 0 aromatic carbocycles. The zero-order valence-corrected chi connectivity index (χ0v) is 15.2. The summed E-state index contributed by atoms with van der Waals surface area (Å²) in [5.41, 5.74) is 1.11. The Balaban J connectivity index is 1.70. The molecule has 0 radical (unpaired) electrons. The van der Waals surface area contributed by atoms with Gasteiger partial charge in [-0.1, -0.05) is 19.4 Å². The average molecular weight is 330 g/mol. The minimum atomic E-state index is -0.535. The molecule has 7 atom stereocenters. The Labute approximate surface area is 144 Å². The van der Waals surface area contributed by atoms with E-state index in [2.05, 4.69) is 13.8 Å². The molecule has 4 aliphatic carbocycles. The molecule has 0 aromatic heterocycles. The van der Waals surface area contributed by atoms with Gasteiger partial charge in [-0.15, -0.1) is 0 Å². The fraction of sp³-hybridized carbons (Fsp3) is 0.810. The van der Waals surface area contributed by atoms with Crippen LogP contribution in [0.25, 0.3) is 0 Å². The Morgan fingerprint density at radius 3 is 2.62 bits per heavy atom. The highest BCUT2D eigenvalue weighted by Crippen LogP contribution is 2.66. The third kappa shape index (κ3) is 2.00. The van der Waals surface area contributed by atoms with E-state index in [4.69, 9.17) is 0 Å². The number of hydrogen-bond donors (Lipinski definition) is 1. The van der Waals surface area contributed by atoms with E-state index in [1.165, 1.54) is 5.57 Å². The van der Waals surface area contributed by atoms with E-state index in [0.29, 0.717) is 23.5 Å². The topological polar surface area (TPSA) is 54.4 Å². The third-order valence-electron chi connectivity index (χ3n) is 8.56. The van der Waals surface area contributed by atoms with Gasteiger partial charge in [0.2, 0.25) is 0 Å². The Morgan fingerprint density at radius 1 is 1.17 bits per heavy atom. The first kappa shape index (κ1) is 16.5. The van der Waals surface area contributed by atoms with E-state index in [1.807, 2.05) is 6.08 Å². The van der Waals surface area contributed by atoms with Gasteiger partial charge in [-0.3, -0.25) is 9.59 Å². The number of aliphatic hydroxyl groups is 1. The maximum Gasteiger partial charge on any atom is 0.158 e. The Kier molecular flexibility index (Phi) is 3.62. The molecule has 4 rings (SSSR count). The second-order valence-electron chi connectivity index (χ2n) is 9.34. The summed E-state index contributed by atoms with van der Waals surface area (Å²) in [5.74, 6) is 2.35. The van der Waals surface area contributed by atoms with Crippen LogP contribution in [-0.4, -0.2) is 22.8 Å². The van der Waals surface area contributed by atoms with Crippen LogP contribution >= 0.6 is 0 Å². The molecular weight excluding hydrogens is 300 g/mol. The quantitative estimate of drug-likeness (QED) is 0.797. The normalized spacial score (nSPS) is 50.6. The van der Waals surface area contributed by atoms with Gasteiger partial charge < -0.3 is 5.11 Å². The van der Waals surface area contributed by atoms with Crippen LogP contribution in [0.3, 0.4) is 0 Å². The Hall–Kier alpha value is -0.960. The number of hydrogen-bond acceptors (Lipinski definition) is 3. The lowest BCUT2D eigenvalue weighted by Crippen LogP contribution is -2.55. The van der Waals surface area contributed by atoms with Gasteiger partial charge in [0.15, 0.2) is 5.78 Å². The summed E-state index contributed by atoms with van der Waals surface area (Å²) in [6.45, 7) is 6.32. The summed E-state index contributed by atoms with van der Waals surface area (Å²) < 4.78 is 0. The highest BCUT2D eigenvalue weighted by molar-refractivity contribution is 5.92. The smallest absolute Gasteiger partial charge is 0.158 e. The van der Waals surface area contributed by atoms with Crippen molar-refractivity contribution < 1.29 is 14.7 Å². The van der Waals surface area contributed by atoms with Crippen molar-refractivity contribution in [3.8, 4) is 0 Å². The molecule has 3 nitrogen and oxygen atoms in total. The lowest BCUT2D eigenvalue weighted by atomic mass is 9.46. The van der Waals surface area contributed by atoms with Crippen molar-refractivity contribution in [3.63, 3.8) is 0 Å². The van der Waals surface area contributed by atoms with Crippen LogP contribution in [0, 0.1) is 34.5 Å². The molecule has 132 valence electrons. The summed E-state index contributed by atoms with van der Waals surface area (Å²) in [5, 5.41) is 10.8. The fourth-order valence-electron chi connectivity index (χ4n) is 7.28. The molecule has 0 heterocycles. The lowest BCUT2D eigenvalue weighted by molar-refractivity contribution is -0.134. The van der Waals surface area contributed by atoms with Gasteiger partial charge in [-0.25, -0.2) is 0 Å². The van der Waals surface area contributed by atoms with Crippen molar-refractivity contribution in [2.24, 2.45) is 34.5 Å². The summed E-state index contributed by atoms with van der Waals surface area (Å²) >= 11 is 0. The monoisotopic (exact) mass is 330 g/mol. The van der Waals surface area contributed by atoms with E-state index in [-0.39, 0.29) is 29.0 Å². The van der Waals surface area contributed by atoms with E-state index in [1.54, 1.807) is 6.92 Å². The summed E-state index contributed by atoms with van der Waals surface area (Å²) in [4.78, 5) is 24.1. The van der Waals surface area contributed by atoms with E-state index >= 15 is 0 Å². The first-order valence-corrected chi connectivity index (χ1v) is 9.71. The minimum absolute atomic E-state index is 0.0894. The van der Waals surface area contributed by atoms with Crippen molar-refractivity contribution in [2.75, 3.05) is 0 Å². The second kappa shape index (κ2) is 5.27. The highest BCUT2D eigenvalue weighted by Gasteiger charge is 2.61. The molecule has 0 bridgehead atoms. The predicted octanol–water partition coefficient (Wildman–Crippen LogP) is 3.69. The number of carbonyl (C=O) groups is 2. The molecule has 4 aliphatic rings. The third-order valence-corrected chi connectivity index (χ3v) is 8.56. The summed E-state index contributed by atoms with van der Waals surface area (Å²) in [7, 11) is 0. The molecule has 3 heteroatoms. The maximum atomic E-state index is 12.2. The second-order valence-corrected chi connectivity index (χ2v) is 9.34. The van der Waals surface area contributed by atoms with Crippen LogP contribution in [0.4, 0.5) is 0 Å². The molecule has 0 amide bonds. The van der Waals surface area contributed by atoms with Crippen molar-refractivity contribution in [3.05, 3.63) is 11.6 Å². The molecular formula is C21H30O3. The van der Waals surface area contributed by atoms with Crippen LogP contribution in [-0.2, 0) is 9.59 Å². The lowest BCUT2D eigenvalue weighted by Gasteiger charge is -2.59. The van der Waals surface area contributed by atoms with Crippen LogP contribution < -0.4 is 0 Å². The van der Waals surface area contributed by atoms with Crippen LogP contribution in [0.1, 0.15) is 65.7 Å². The molecule has 3 saturated carbocycles. The first-order chi connectivity index (χ1) is 11.3.